The van der Waals surface area contributed by atoms with Gasteiger partial charge in [0.15, 0.2) is 5.43 Å². The van der Waals surface area contributed by atoms with Crippen LogP contribution in [0.1, 0.15) is 5.56 Å². The topological polar surface area (TPSA) is 41.6 Å². The highest BCUT2D eigenvalue weighted by molar-refractivity contribution is 7.24. The van der Waals surface area contributed by atoms with Crippen LogP contribution in [0.4, 0.5) is 5.69 Å². The molecule has 1 aliphatic rings. The number of aryl methyl sites for hydroxylation is 1. The van der Waals surface area contributed by atoms with Crippen molar-refractivity contribution in [1.29, 1.82) is 0 Å². The van der Waals surface area contributed by atoms with Crippen molar-refractivity contribution in [2.75, 3.05) is 44.7 Å². The van der Waals surface area contributed by atoms with Gasteiger partial charge in [-0.2, -0.15) is 0 Å². The monoisotopic (exact) mass is 388 g/mol. The predicted octanol–water partition coefficient (Wildman–Crippen LogP) is 4.12. The SMILES string of the molecule is Cc1ccc(NCCN2CCOCC2)c2c(=O)c3ccc(Cl)cc3sc12. The first-order valence-electron chi connectivity index (χ1n) is 8.83. The van der Waals surface area contributed by atoms with Gasteiger partial charge in [-0.25, -0.2) is 0 Å². The number of hydrogen-bond donors (Lipinski definition) is 1. The van der Waals surface area contributed by atoms with Gasteiger partial charge in [-0.3, -0.25) is 9.69 Å². The highest BCUT2D eigenvalue weighted by Gasteiger charge is 2.13. The first-order valence-corrected chi connectivity index (χ1v) is 10.0. The van der Waals surface area contributed by atoms with Gasteiger partial charge >= 0.3 is 0 Å². The second kappa shape index (κ2) is 7.53. The molecule has 0 aliphatic carbocycles. The van der Waals surface area contributed by atoms with Crippen molar-refractivity contribution in [3.63, 3.8) is 0 Å². The Kier molecular flexibility index (Phi) is 5.14. The quantitative estimate of drug-likeness (QED) is 0.682. The van der Waals surface area contributed by atoms with Gasteiger partial charge < -0.3 is 10.1 Å². The van der Waals surface area contributed by atoms with Gasteiger partial charge in [0.05, 0.1) is 18.6 Å². The molecule has 4 rings (SSSR count). The van der Waals surface area contributed by atoms with Crippen LogP contribution in [0.5, 0.6) is 0 Å². The number of nitrogens with one attached hydrogen (secondary N) is 1. The standard InChI is InChI=1S/C20H21ClN2O2S/c1-13-2-5-16(22-6-7-23-8-10-25-11-9-23)18-19(24)15-4-3-14(21)12-17(15)26-20(13)18/h2-5,12,22H,6-11H2,1H3. The summed E-state index contributed by atoms with van der Waals surface area (Å²) in [6.45, 7) is 7.34. The molecule has 0 atom stereocenters. The van der Waals surface area contributed by atoms with Crippen LogP contribution in [-0.4, -0.2) is 44.3 Å². The van der Waals surface area contributed by atoms with Crippen LogP contribution in [0.2, 0.25) is 5.02 Å². The Labute approximate surface area is 161 Å². The summed E-state index contributed by atoms with van der Waals surface area (Å²) in [5.41, 5.74) is 2.10. The predicted molar refractivity (Wildman–Crippen MR) is 111 cm³/mol. The Hall–Kier alpha value is -1.66. The fourth-order valence-corrected chi connectivity index (χ4v) is 4.82. The summed E-state index contributed by atoms with van der Waals surface area (Å²) in [6.07, 6.45) is 0. The molecule has 0 spiro atoms. The van der Waals surface area contributed by atoms with Gasteiger partial charge in [-0.05, 0) is 36.8 Å². The van der Waals surface area contributed by atoms with E-state index in [9.17, 15) is 4.79 Å². The minimum absolute atomic E-state index is 0.0722. The van der Waals surface area contributed by atoms with Crippen LogP contribution >= 0.6 is 22.9 Å². The molecule has 1 saturated heterocycles. The summed E-state index contributed by atoms with van der Waals surface area (Å²) < 4.78 is 7.35. The van der Waals surface area contributed by atoms with E-state index >= 15 is 0 Å². The minimum atomic E-state index is 0.0722. The van der Waals surface area contributed by atoms with Gasteiger partial charge in [0.2, 0.25) is 0 Å². The minimum Gasteiger partial charge on any atom is -0.383 e. The van der Waals surface area contributed by atoms with E-state index in [0.29, 0.717) is 5.02 Å². The number of halogens is 1. The highest BCUT2D eigenvalue weighted by atomic mass is 35.5. The zero-order valence-corrected chi connectivity index (χ0v) is 16.3. The van der Waals surface area contributed by atoms with E-state index in [4.69, 9.17) is 16.3 Å². The second-order valence-corrected chi connectivity index (χ2v) is 8.08. The van der Waals surface area contributed by atoms with Crippen molar-refractivity contribution in [1.82, 2.24) is 4.90 Å². The van der Waals surface area contributed by atoms with Crippen molar-refractivity contribution < 1.29 is 4.74 Å². The zero-order chi connectivity index (χ0) is 18.1. The average molecular weight is 389 g/mol. The maximum atomic E-state index is 13.1. The third-order valence-corrected chi connectivity index (χ3v) is 6.35. The maximum Gasteiger partial charge on any atom is 0.197 e. The lowest BCUT2D eigenvalue weighted by atomic mass is 10.1. The number of ether oxygens (including phenoxy) is 1. The summed E-state index contributed by atoms with van der Waals surface area (Å²) in [5.74, 6) is 0. The van der Waals surface area contributed by atoms with Crippen LogP contribution in [0.3, 0.4) is 0 Å². The summed E-state index contributed by atoms with van der Waals surface area (Å²) in [6, 6.07) is 9.58. The van der Waals surface area contributed by atoms with E-state index in [1.54, 1.807) is 17.4 Å². The molecule has 0 saturated carbocycles. The first-order chi connectivity index (χ1) is 12.6. The molecular formula is C20H21ClN2O2S. The number of benzene rings is 2. The van der Waals surface area contributed by atoms with Crippen LogP contribution in [-0.2, 0) is 4.74 Å². The molecule has 6 heteroatoms. The lowest BCUT2D eigenvalue weighted by molar-refractivity contribution is 0.0398. The first kappa shape index (κ1) is 17.7. The van der Waals surface area contributed by atoms with Crippen molar-refractivity contribution in [2.45, 2.75) is 6.92 Å². The molecule has 1 aromatic heterocycles. The molecule has 0 amide bonds. The van der Waals surface area contributed by atoms with Crippen LogP contribution in [0, 0.1) is 6.92 Å². The molecule has 1 fully saturated rings. The number of anilines is 1. The molecular weight excluding hydrogens is 368 g/mol. The van der Waals surface area contributed by atoms with Crippen LogP contribution < -0.4 is 10.7 Å². The normalized spacial score (nSPS) is 15.6. The van der Waals surface area contributed by atoms with Crippen molar-refractivity contribution in [3.05, 3.63) is 51.1 Å². The van der Waals surface area contributed by atoms with Crippen molar-refractivity contribution in [3.8, 4) is 0 Å². The Morgan fingerprint density at radius 3 is 2.85 bits per heavy atom. The lowest BCUT2D eigenvalue weighted by Gasteiger charge is -2.26. The largest absolute Gasteiger partial charge is 0.383 e. The third kappa shape index (κ3) is 3.45. The number of fused-ring (bicyclic) bond motifs is 2. The molecule has 4 nitrogen and oxygen atoms in total. The van der Waals surface area contributed by atoms with Gasteiger partial charge in [-0.1, -0.05) is 17.7 Å². The van der Waals surface area contributed by atoms with E-state index in [1.807, 2.05) is 25.1 Å². The Bertz CT molecular complexity index is 1010. The number of morpholine rings is 1. The molecule has 1 aliphatic heterocycles. The fourth-order valence-electron chi connectivity index (χ4n) is 3.38. The van der Waals surface area contributed by atoms with Crippen LogP contribution in [0.15, 0.2) is 35.1 Å². The fraction of sp³-hybridized carbons (Fsp3) is 0.350. The summed E-state index contributed by atoms with van der Waals surface area (Å²) >= 11 is 7.74. The van der Waals surface area contributed by atoms with E-state index in [0.717, 1.165) is 70.8 Å². The molecule has 136 valence electrons. The Balaban J connectivity index is 1.69. The van der Waals surface area contributed by atoms with E-state index < -0.39 is 0 Å². The number of nitrogens with zero attached hydrogens (tertiary/aromatic N) is 1. The van der Waals surface area contributed by atoms with E-state index in [2.05, 4.69) is 16.3 Å². The molecule has 2 aromatic carbocycles. The summed E-state index contributed by atoms with van der Waals surface area (Å²) in [4.78, 5) is 15.5. The molecule has 26 heavy (non-hydrogen) atoms. The van der Waals surface area contributed by atoms with Gasteiger partial charge in [0.25, 0.3) is 0 Å². The average Bonchev–Trinajstić information content (AvgIpc) is 2.64. The molecule has 3 aromatic rings. The van der Waals surface area contributed by atoms with Crippen LogP contribution in [0.25, 0.3) is 20.2 Å². The number of rotatable bonds is 4. The van der Waals surface area contributed by atoms with E-state index in [-0.39, 0.29) is 5.43 Å². The van der Waals surface area contributed by atoms with Gasteiger partial charge in [0, 0.05) is 51.7 Å². The van der Waals surface area contributed by atoms with Crippen molar-refractivity contribution >= 4 is 48.8 Å². The van der Waals surface area contributed by atoms with Gasteiger partial charge in [-0.15, -0.1) is 11.3 Å². The third-order valence-electron chi connectivity index (χ3n) is 4.83. The Morgan fingerprint density at radius 2 is 2.04 bits per heavy atom. The summed E-state index contributed by atoms with van der Waals surface area (Å²) in [7, 11) is 0. The molecule has 0 bridgehead atoms. The molecule has 2 heterocycles. The highest BCUT2D eigenvalue weighted by Crippen LogP contribution is 2.32. The molecule has 0 radical (unpaired) electrons. The number of hydrogen-bond acceptors (Lipinski definition) is 5. The second-order valence-electron chi connectivity index (χ2n) is 6.59. The zero-order valence-electron chi connectivity index (χ0n) is 14.7. The Morgan fingerprint density at radius 1 is 1.23 bits per heavy atom. The van der Waals surface area contributed by atoms with E-state index in [1.165, 1.54) is 0 Å². The molecule has 1 N–H and O–H groups in total. The molecule has 0 unspecified atom stereocenters. The maximum absolute atomic E-state index is 13.1. The lowest BCUT2D eigenvalue weighted by Crippen LogP contribution is -2.39. The smallest absolute Gasteiger partial charge is 0.197 e. The summed E-state index contributed by atoms with van der Waals surface area (Å²) in [5, 5.41) is 5.65. The van der Waals surface area contributed by atoms with Crippen molar-refractivity contribution in [2.24, 2.45) is 0 Å². The van der Waals surface area contributed by atoms with Gasteiger partial charge in [0.1, 0.15) is 0 Å².